The van der Waals surface area contributed by atoms with Crippen molar-refractivity contribution >= 4 is 29.3 Å². The van der Waals surface area contributed by atoms with E-state index in [4.69, 9.17) is 11.6 Å². The van der Waals surface area contributed by atoms with E-state index in [1.165, 1.54) is 0 Å². The van der Waals surface area contributed by atoms with Crippen molar-refractivity contribution in [3.8, 4) is 0 Å². The van der Waals surface area contributed by atoms with Crippen molar-refractivity contribution < 1.29 is 14.4 Å². The first kappa shape index (κ1) is 15.7. The second kappa shape index (κ2) is 6.54. The molecule has 1 aliphatic carbocycles. The third-order valence-electron chi connectivity index (χ3n) is 4.30. The van der Waals surface area contributed by atoms with Gasteiger partial charge >= 0.3 is 0 Å². The van der Waals surface area contributed by atoms with E-state index in [2.05, 4.69) is 5.32 Å². The minimum absolute atomic E-state index is 0.210. The maximum Gasteiger partial charge on any atom is 0.240 e. The molecule has 1 aromatic carbocycles. The summed E-state index contributed by atoms with van der Waals surface area (Å²) >= 11 is 5.81. The number of imide groups is 1. The predicted octanol–water partition coefficient (Wildman–Crippen LogP) is 1.91. The zero-order valence-corrected chi connectivity index (χ0v) is 13.3. The highest BCUT2D eigenvalue weighted by Gasteiger charge is 2.47. The summed E-state index contributed by atoms with van der Waals surface area (Å²) in [5, 5.41) is 3.35. The monoisotopic (exact) mass is 332 g/mol. The molecule has 2 atom stereocenters. The van der Waals surface area contributed by atoms with Gasteiger partial charge in [-0.05, 0) is 30.5 Å². The number of amides is 3. The maximum atomic E-state index is 12.3. The van der Waals surface area contributed by atoms with Crippen LogP contribution in [0.5, 0.6) is 0 Å². The van der Waals surface area contributed by atoms with Crippen molar-refractivity contribution in [1.82, 2.24) is 10.2 Å². The molecule has 0 saturated carbocycles. The first-order valence-corrected chi connectivity index (χ1v) is 7.95. The third kappa shape index (κ3) is 3.29. The number of fused-ring (bicyclic) bond motifs is 1. The van der Waals surface area contributed by atoms with E-state index < -0.39 is 0 Å². The van der Waals surface area contributed by atoms with Crippen molar-refractivity contribution in [2.45, 2.75) is 19.4 Å². The van der Waals surface area contributed by atoms with Crippen molar-refractivity contribution in [2.75, 3.05) is 6.54 Å². The second-order valence-corrected chi connectivity index (χ2v) is 6.26. The molecule has 0 bridgehead atoms. The fourth-order valence-electron chi connectivity index (χ4n) is 3.03. The van der Waals surface area contributed by atoms with E-state index in [0.717, 1.165) is 10.5 Å². The van der Waals surface area contributed by atoms with Gasteiger partial charge < -0.3 is 5.32 Å². The molecule has 3 rings (SSSR count). The molecule has 1 aromatic rings. The van der Waals surface area contributed by atoms with Gasteiger partial charge in [0, 0.05) is 11.6 Å². The number of halogens is 1. The average Bonchev–Trinajstić information content (AvgIpc) is 2.80. The van der Waals surface area contributed by atoms with E-state index in [-0.39, 0.29) is 36.1 Å². The Morgan fingerprint density at radius 2 is 1.65 bits per heavy atom. The average molecular weight is 333 g/mol. The van der Waals surface area contributed by atoms with Gasteiger partial charge in [-0.1, -0.05) is 35.9 Å². The Balaban J connectivity index is 1.56. The zero-order valence-electron chi connectivity index (χ0n) is 12.5. The molecular weight excluding hydrogens is 316 g/mol. The van der Waals surface area contributed by atoms with E-state index >= 15 is 0 Å². The van der Waals surface area contributed by atoms with E-state index in [0.29, 0.717) is 24.4 Å². The topological polar surface area (TPSA) is 66.5 Å². The lowest BCUT2D eigenvalue weighted by Crippen LogP contribution is -2.40. The van der Waals surface area contributed by atoms with Gasteiger partial charge in [-0.2, -0.15) is 0 Å². The number of hydrogen-bond donors (Lipinski definition) is 1. The van der Waals surface area contributed by atoms with Gasteiger partial charge in [0.2, 0.25) is 17.7 Å². The highest BCUT2D eigenvalue weighted by molar-refractivity contribution is 6.30. The van der Waals surface area contributed by atoms with Gasteiger partial charge in [0.15, 0.2) is 0 Å². The largest absolute Gasteiger partial charge is 0.350 e. The summed E-state index contributed by atoms with van der Waals surface area (Å²) in [7, 11) is 0. The molecule has 2 aliphatic rings. The molecule has 5 nitrogen and oxygen atoms in total. The van der Waals surface area contributed by atoms with Crippen LogP contribution in [0, 0.1) is 11.8 Å². The third-order valence-corrected chi connectivity index (χ3v) is 4.56. The molecule has 0 spiro atoms. The lowest BCUT2D eigenvalue weighted by Gasteiger charge is -2.14. The molecular formula is C17H17ClN2O3. The van der Waals surface area contributed by atoms with Gasteiger partial charge in [-0.15, -0.1) is 0 Å². The second-order valence-electron chi connectivity index (χ2n) is 5.82. The molecule has 0 radical (unpaired) electrons. The molecule has 1 heterocycles. The van der Waals surface area contributed by atoms with Crippen molar-refractivity contribution in [3.05, 3.63) is 47.0 Å². The van der Waals surface area contributed by atoms with Crippen molar-refractivity contribution in [3.63, 3.8) is 0 Å². The fraction of sp³-hybridized carbons (Fsp3) is 0.353. The summed E-state index contributed by atoms with van der Waals surface area (Å²) < 4.78 is 0. The van der Waals surface area contributed by atoms with Crippen LogP contribution >= 0.6 is 11.6 Å². The van der Waals surface area contributed by atoms with Crippen LogP contribution in [0.15, 0.2) is 36.4 Å². The number of hydrogen-bond acceptors (Lipinski definition) is 3. The Hall–Kier alpha value is -2.14. The zero-order chi connectivity index (χ0) is 16.4. The van der Waals surface area contributed by atoms with Gasteiger partial charge in [0.05, 0.1) is 11.8 Å². The number of benzene rings is 1. The molecule has 1 saturated heterocycles. The van der Waals surface area contributed by atoms with Crippen LogP contribution in [0.4, 0.5) is 0 Å². The van der Waals surface area contributed by atoms with Gasteiger partial charge in [0.1, 0.15) is 6.54 Å². The maximum absolute atomic E-state index is 12.3. The number of carbonyl (C=O) groups excluding carboxylic acids is 3. The Kier molecular flexibility index (Phi) is 4.48. The van der Waals surface area contributed by atoms with Crippen LogP contribution in [0.25, 0.3) is 0 Å². The van der Waals surface area contributed by atoms with Crippen molar-refractivity contribution in [1.29, 1.82) is 0 Å². The molecule has 6 heteroatoms. The van der Waals surface area contributed by atoms with Crippen LogP contribution in [-0.4, -0.2) is 29.2 Å². The molecule has 23 heavy (non-hydrogen) atoms. The van der Waals surface area contributed by atoms with Crippen LogP contribution in [0.2, 0.25) is 5.02 Å². The Morgan fingerprint density at radius 1 is 1.09 bits per heavy atom. The molecule has 1 N–H and O–H groups in total. The first-order valence-electron chi connectivity index (χ1n) is 7.57. The minimum Gasteiger partial charge on any atom is -0.350 e. The van der Waals surface area contributed by atoms with Crippen LogP contribution in [0.1, 0.15) is 18.4 Å². The normalized spacial score (nSPS) is 23.1. The molecule has 120 valence electrons. The van der Waals surface area contributed by atoms with E-state index in [1.807, 2.05) is 24.3 Å². The van der Waals surface area contributed by atoms with Crippen LogP contribution < -0.4 is 5.32 Å². The Bertz CT molecular complexity index is 643. The molecule has 1 fully saturated rings. The number of rotatable bonds is 4. The lowest BCUT2D eigenvalue weighted by atomic mass is 9.85. The number of carbonyl (C=O) groups is 3. The molecule has 1 aliphatic heterocycles. The highest BCUT2D eigenvalue weighted by Crippen LogP contribution is 2.34. The quantitative estimate of drug-likeness (QED) is 0.676. The number of allylic oxidation sites excluding steroid dienone is 2. The first-order chi connectivity index (χ1) is 11.1. The fourth-order valence-corrected chi connectivity index (χ4v) is 3.15. The standard InChI is InChI=1S/C17H17ClN2O3/c18-12-7-5-11(6-8-12)9-19-15(21)10-20-16(22)13-3-1-2-4-14(13)17(20)23/h1-2,5-8,13-14H,3-4,9-10H2,(H,19,21)/t13-,14-/m1/s1. The number of nitrogens with one attached hydrogen (secondary N) is 1. The van der Waals surface area contributed by atoms with Crippen molar-refractivity contribution in [2.24, 2.45) is 11.8 Å². The summed E-state index contributed by atoms with van der Waals surface area (Å²) in [5.41, 5.74) is 0.902. The summed E-state index contributed by atoms with van der Waals surface area (Å²) in [6, 6.07) is 7.12. The number of nitrogens with zero attached hydrogens (tertiary/aromatic N) is 1. The smallest absolute Gasteiger partial charge is 0.240 e. The van der Waals surface area contributed by atoms with Crippen LogP contribution in [0.3, 0.4) is 0 Å². The van der Waals surface area contributed by atoms with Gasteiger partial charge in [0.25, 0.3) is 0 Å². The molecule has 0 unspecified atom stereocenters. The van der Waals surface area contributed by atoms with E-state index in [1.54, 1.807) is 12.1 Å². The summed E-state index contributed by atoms with van der Waals surface area (Å²) in [6.45, 7) is 0.124. The van der Waals surface area contributed by atoms with E-state index in [9.17, 15) is 14.4 Å². The Morgan fingerprint density at radius 3 is 2.22 bits per heavy atom. The molecule has 3 amide bonds. The molecule has 0 aromatic heterocycles. The lowest BCUT2D eigenvalue weighted by molar-refractivity contribution is -0.143. The Labute approximate surface area is 139 Å². The van der Waals surface area contributed by atoms with Crippen LogP contribution in [-0.2, 0) is 20.9 Å². The van der Waals surface area contributed by atoms with Gasteiger partial charge in [-0.25, -0.2) is 0 Å². The van der Waals surface area contributed by atoms with Gasteiger partial charge in [-0.3, -0.25) is 19.3 Å². The minimum atomic E-state index is -0.340. The predicted molar refractivity (Wildman–Crippen MR) is 85.4 cm³/mol. The SMILES string of the molecule is O=C(CN1C(=O)[C@@H]2CC=CC[C@H]2C1=O)NCc1ccc(Cl)cc1. The summed E-state index contributed by atoms with van der Waals surface area (Å²) in [5.74, 6) is -1.39. The number of likely N-dealkylation sites (tertiary alicyclic amines) is 1. The highest BCUT2D eigenvalue weighted by atomic mass is 35.5. The summed E-state index contributed by atoms with van der Waals surface area (Å²) in [4.78, 5) is 37.7. The summed E-state index contributed by atoms with van der Waals surface area (Å²) in [6.07, 6.45) is 5.02.